The van der Waals surface area contributed by atoms with E-state index in [0.717, 1.165) is 12.0 Å². The van der Waals surface area contributed by atoms with E-state index >= 15 is 0 Å². The monoisotopic (exact) mass is 338 g/mol. The standard InChI is InChI=1S/C21H26N2O2/c1-16(2)14-17-8-10-18(11-9-17)15-20(24)22-12-13-23-21(25)19-6-4-3-5-7-19/h3-11,16H,12-15H2,1-2H3,(H,22,24)(H,23,25). The molecule has 0 aromatic heterocycles. The molecular formula is C21H26N2O2. The van der Waals surface area contributed by atoms with E-state index in [1.165, 1.54) is 5.56 Å². The summed E-state index contributed by atoms with van der Waals surface area (Å²) in [5.41, 5.74) is 2.91. The summed E-state index contributed by atoms with van der Waals surface area (Å²) in [4.78, 5) is 23.8. The van der Waals surface area contributed by atoms with E-state index in [4.69, 9.17) is 0 Å². The largest absolute Gasteiger partial charge is 0.354 e. The number of amides is 2. The van der Waals surface area contributed by atoms with Crippen LogP contribution >= 0.6 is 0 Å². The summed E-state index contributed by atoms with van der Waals surface area (Å²) in [5, 5.41) is 5.62. The van der Waals surface area contributed by atoms with Gasteiger partial charge < -0.3 is 10.6 Å². The zero-order chi connectivity index (χ0) is 18.1. The summed E-state index contributed by atoms with van der Waals surface area (Å²) < 4.78 is 0. The Kier molecular flexibility index (Phi) is 7.20. The van der Waals surface area contributed by atoms with E-state index < -0.39 is 0 Å². The number of rotatable bonds is 8. The quantitative estimate of drug-likeness (QED) is 0.727. The maximum atomic E-state index is 12.0. The molecule has 132 valence electrons. The van der Waals surface area contributed by atoms with Gasteiger partial charge in [0.25, 0.3) is 5.91 Å². The average molecular weight is 338 g/mol. The molecule has 0 saturated heterocycles. The molecule has 0 aliphatic carbocycles. The molecule has 4 heteroatoms. The van der Waals surface area contributed by atoms with Crippen molar-refractivity contribution >= 4 is 11.8 Å². The molecule has 0 fully saturated rings. The van der Waals surface area contributed by atoms with Gasteiger partial charge in [0.05, 0.1) is 6.42 Å². The molecule has 0 unspecified atom stereocenters. The molecule has 0 spiro atoms. The van der Waals surface area contributed by atoms with E-state index in [1.807, 2.05) is 30.3 Å². The van der Waals surface area contributed by atoms with Crippen molar-refractivity contribution in [3.8, 4) is 0 Å². The van der Waals surface area contributed by atoms with Crippen molar-refractivity contribution < 1.29 is 9.59 Å². The van der Waals surface area contributed by atoms with Crippen molar-refractivity contribution in [1.82, 2.24) is 10.6 Å². The van der Waals surface area contributed by atoms with Gasteiger partial charge >= 0.3 is 0 Å². The predicted octanol–water partition coefficient (Wildman–Crippen LogP) is 2.97. The first-order valence-corrected chi connectivity index (χ1v) is 8.72. The molecule has 2 amide bonds. The van der Waals surface area contributed by atoms with Crippen LogP contribution < -0.4 is 10.6 Å². The van der Waals surface area contributed by atoms with Crippen molar-refractivity contribution in [3.63, 3.8) is 0 Å². The van der Waals surface area contributed by atoms with Crippen molar-refractivity contribution in [2.45, 2.75) is 26.7 Å². The first-order chi connectivity index (χ1) is 12.0. The van der Waals surface area contributed by atoms with Crippen LogP contribution in [-0.4, -0.2) is 24.9 Å². The van der Waals surface area contributed by atoms with E-state index in [0.29, 0.717) is 31.0 Å². The Morgan fingerprint density at radius 3 is 2.08 bits per heavy atom. The van der Waals surface area contributed by atoms with Crippen LogP contribution in [0.15, 0.2) is 54.6 Å². The molecule has 0 bridgehead atoms. The van der Waals surface area contributed by atoms with Crippen LogP contribution in [0.25, 0.3) is 0 Å². The molecule has 2 aromatic carbocycles. The van der Waals surface area contributed by atoms with Crippen molar-refractivity contribution in [1.29, 1.82) is 0 Å². The predicted molar refractivity (Wildman–Crippen MR) is 100 cm³/mol. The SMILES string of the molecule is CC(C)Cc1ccc(CC(=O)NCCNC(=O)c2ccccc2)cc1. The Bertz CT molecular complexity index is 679. The molecule has 0 atom stereocenters. The molecule has 0 heterocycles. The van der Waals surface area contributed by atoms with Crippen LogP contribution in [0.3, 0.4) is 0 Å². The van der Waals surface area contributed by atoms with Crippen LogP contribution in [0.4, 0.5) is 0 Å². The summed E-state index contributed by atoms with van der Waals surface area (Å²) in [6, 6.07) is 17.2. The van der Waals surface area contributed by atoms with Crippen LogP contribution in [0, 0.1) is 5.92 Å². The van der Waals surface area contributed by atoms with Crippen LogP contribution in [0.5, 0.6) is 0 Å². The van der Waals surface area contributed by atoms with Gasteiger partial charge in [-0.25, -0.2) is 0 Å². The normalized spacial score (nSPS) is 10.5. The lowest BCUT2D eigenvalue weighted by Crippen LogP contribution is -2.35. The third-order valence-electron chi connectivity index (χ3n) is 3.80. The molecule has 2 N–H and O–H groups in total. The Morgan fingerprint density at radius 2 is 1.44 bits per heavy atom. The van der Waals surface area contributed by atoms with Gasteiger partial charge in [-0.2, -0.15) is 0 Å². The second-order valence-corrected chi connectivity index (χ2v) is 6.56. The van der Waals surface area contributed by atoms with Gasteiger partial charge in [0, 0.05) is 18.7 Å². The Morgan fingerprint density at radius 1 is 0.840 bits per heavy atom. The zero-order valence-electron chi connectivity index (χ0n) is 14.9. The van der Waals surface area contributed by atoms with Gasteiger partial charge in [0.2, 0.25) is 5.91 Å². The second kappa shape index (κ2) is 9.62. The third kappa shape index (κ3) is 6.79. The fraction of sp³-hybridized carbons (Fsp3) is 0.333. The lowest BCUT2D eigenvalue weighted by Gasteiger charge is -2.08. The van der Waals surface area contributed by atoms with Crippen molar-refractivity contribution in [2.24, 2.45) is 5.92 Å². The summed E-state index contributed by atoms with van der Waals surface area (Å²) in [7, 11) is 0. The fourth-order valence-corrected chi connectivity index (χ4v) is 2.58. The first kappa shape index (κ1) is 18.7. The van der Waals surface area contributed by atoms with E-state index in [1.54, 1.807) is 12.1 Å². The Labute approximate surface area is 149 Å². The average Bonchev–Trinajstić information content (AvgIpc) is 2.60. The van der Waals surface area contributed by atoms with Crippen molar-refractivity contribution in [3.05, 3.63) is 71.3 Å². The minimum atomic E-state index is -0.129. The molecule has 0 saturated carbocycles. The van der Waals surface area contributed by atoms with Crippen LogP contribution in [0.2, 0.25) is 0 Å². The summed E-state index contributed by atoms with van der Waals surface area (Å²) in [6.45, 7) is 5.21. The fourth-order valence-electron chi connectivity index (χ4n) is 2.58. The highest BCUT2D eigenvalue weighted by Gasteiger charge is 2.06. The Hall–Kier alpha value is -2.62. The molecule has 0 radical (unpaired) electrons. The number of hydrogen-bond donors (Lipinski definition) is 2. The number of nitrogens with one attached hydrogen (secondary N) is 2. The van der Waals surface area contributed by atoms with Gasteiger partial charge in [0.15, 0.2) is 0 Å². The molecular weight excluding hydrogens is 312 g/mol. The lowest BCUT2D eigenvalue weighted by molar-refractivity contribution is -0.120. The summed E-state index contributed by atoms with van der Waals surface area (Å²) in [5.74, 6) is 0.460. The number of carbonyl (C=O) groups excluding carboxylic acids is 2. The molecule has 4 nitrogen and oxygen atoms in total. The number of benzene rings is 2. The molecule has 0 aliphatic rings. The maximum absolute atomic E-state index is 12.0. The highest BCUT2D eigenvalue weighted by molar-refractivity contribution is 5.94. The first-order valence-electron chi connectivity index (χ1n) is 8.72. The van der Waals surface area contributed by atoms with Gasteiger partial charge in [-0.15, -0.1) is 0 Å². The number of hydrogen-bond acceptors (Lipinski definition) is 2. The smallest absolute Gasteiger partial charge is 0.251 e. The number of carbonyl (C=O) groups is 2. The molecule has 25 heavy (non-hydrogen) atoms. The van der Waals surface area contributed by atoms with E-state index in [-0.39, 0.29) is 11.8 Å². The van der Waals surface area contributed by atoms with Gasteiger partial charge in [-0.05, 0) is 35.6 Å². The highest BCUT2D eigenvalue weighted by Crippen LogP contribution is 2.10. The van der Waals surface area contributed by atoms with Gasteiger partial charge in [0.1, 0.15) is 0 Å². The second-order valence-electron chi connectivity index (χ2n) is 6.56. The minimum absolute atomic E-state index is 0.0365. The van der Waals surface area contributed by atoms with Gasteiger partial charge in [-0.3, -0.25) is 9.59 Å². The van der Waals surface area contributed by atoms with Crippen LogP contribution in [-0.2, 0) is 17.6 Å². The topological polar surface area (TPSA) is 58.2 Å². The van der Waals surface area contributed by atoms with Gasteiger partial charge in [-0.1, -0.05) is 56.3 Å². The summed E-state index contributed by atoms with van der Waals surface area (Å²) >= 11 is 0. The molecule has 2 aromatic rings. The van der Waals surface area contributed by atoms with Crippen molar-refractivity contribution in [2.75, 3.05) is 13.1 Å². The minimum Gasteiger partial charge on any atom is -0.354 e. The Balaban J connectivity index is 1.68. The summed E-state index contributed by atoms with van der Waals surface area (Å²) in [6.07, 6.45) is 1.40. The van der Waals surface area contributed by atoms with E-state index in [9.17, 15) is 9.59 Å². The third-order valence-corrected chi connectivity index (χ3v) is 3.80. The van der Waals surface area contributed by atoms with E-state index in [2.05, 4.69) is 36.6 Å². The highest BCUT2D eigenvalue weighted by atomic mass is 16.2. The van der Waals surface area contributed by atoms with Crippen LogP contribution in [0.1, 0.15) is 35.3 Å². The molecule has 0 aliphatic heterocycles. The lowest BCUT2D eigenvalue weighted by atomic mass is 10.0. The molecule has 2 rings (SSSR count). The maximum Gasteiger partial charge on any atom is 0.251 e. The zero-order valence-corrected chi connectivity index (χ0v) is 14.9.